The molecule has 1 aliphatic heterocycles. The molecule has 13 heavy (non-hydrogen) atoms. The summed E-state index contributed by atoms with van der Waals surface area (Å²) < 4.78 is 0. The van der Waals surface area contributed by atoms with E-state index in [1.54, 1.807) is 0 Å². The standard InChI is InChI=1S/C10H18N2O/c13-10-4-5-11-9(7-12-10)6-8-2-1-3-8/h8-9,11H,1-7H2,(H,12,13). The molecule has 2 aliphatic rings. The van der Waals surface area contributed by atoms with E-state index in [4.69, 9.17) is 0 Å². The zero-order chi connectivity index (χ0) is 9.10. The Morgan fingerprint density at radius 2 is 2.23 bits per heavy atom. The van der Waals surface area contributed by atoms with Crippen molar-refractivity contribution in [2.45, 2.75) is 38.1 Å². The molecular weight excluding hydrogens is 164 g/mol. The molecule has 1 saturated carbocycles. The fourth-order valence-electron chi connectivity index (χ4n) is 2.08. The molecule has 3 nitrogen and oxygen atoms in total. The molecule has 1 heterocycles. The van der Waals surface area contributed by atoms with Gasteiger partial charge in [-0.2, -0.15) is 0 Å². The zero-order valence-corrected chi connectivity index (χ0v) is 8.01. The molecule has 3 heteroatoms. The third-order valence-corrected chi connectivity index (χ3v) is 3.17. The van der Waals surface area contributed by atoms with Crippen LogP contribution in [0.15, 0.2) is 0 Å². The van der Waals surface area contributed by atoms with Crippen molar-refractivity contribution in [3.8, 4) is 0 Å². The molecule has 1 unspecified atom stereocenters. The second-order valence-electron chi connectivity index (χ2n) is 4.24. The minimum atomic E-state index is 0.198. The molecule has 1 atom stereocenters. The van der Waals surface area contributed by atoms with Gasteiger partial charge in [-0.25, -0.2) is 0 Å². The number of rotatable bonds is 2. The van der Waals surface area contributed by atoms with Gasteiger partial charge < -0.3 is 10.6 Å². The van der Waals surface area contributed by atoms with Gasteiger partial charge in [0.1, 0.15) is 0 Å². The first kappa shape index (κ1) is 9.00. The van der Waals surface area contributed by atoms with Crippen molar-refractivity contribution >= 4 is 5.91 Å². The molecule has 1 aliphatic carbocycles. The predicted octanol–water partition coefficient (Wildman–Crippen LogP) is 0.655. The van der Waals surface area contributed by atoms with Crippen LogP contribution in [-0.4, -0.2) is 25.0 Å². The molecule has 0 aromatic carbocycles. The zero-order valence-electron chi connectivity index (χ0n) is 8.01. The van der Waals surface area contributed by atoms with Crippen LogP contribution in [-0.2, 0) is 4.79 Å². The molecule has 0 aromatic rings. The molecule has 0 radical (unpaired) electrons. The van der Waals surface area contributed by atoms with Crippen LogP contribution in [0.5, 0.6) is 0 Å². The highest BCUT2D eigenvalue weighted by Crippen LogP contribution is 2.30. The van der Waals surface area contributed by atoms with Gasteiger partial charge in [-0.1, -0.05) is 19.3 Å². The van der Waals surface area contributed by atoms with Crippen LogP contribution in [0.1, 0.15) is 32.1 Å². The third kappa shape index (κ3) is 2.44. The Labute approximate surface area is 79.3 Å². The van der Waals surface area contributed by atoms with E-state index < -0.39 is 0 Å². The van der Waals surface area contributed by atoms with Crippen molar-refractivity contribution in [2.75, 3.05) is 13.1 Å². The summed E-state index contributed by atoms with van der Waals surface area (Å²) in [5.74, 6) is 1.12. The van der Waals surface area contributed by atoms with Crippen molar-refractivity contribution in [1.29, 1.82) is 0 Å². The van der Waals surface area contributed by atoms with E-state index in [9.17, 15) is 4.79 Å². The first-order chi connectivity index (χ1) is 6.34. The Bertz CT molecular complexity index is 189. The fraction of sp³-hybridized carbons (Fsp3) is 0.900. The Morgan fingerprint density at radius 1 is 1.38 bits per heavy atom. The summed E-state index contributed by atoms with van der Waals surface area (Å²) in [5.41, 5.74) is 0. The first-order valence-corrected chi connectivity index (χ1v) is 5.34. The normalized spacial score (nSPS) is 30.5. The molecule has 0 bridgehead atoms. The second kappa shape index (κ2) is 4.09. The quantitative estimate of drug-likeness (QED) is 0.658. The van der Waals surface area contributed by atoms with E-state index in [1.807, 2.05) is 0 Å². The van der Waals surface area contributed by atoms with Crippen LogP contribution in [0.4, 0.5) is 0 Å². The van der Waals surface area contributed by atoms with Gasteiger partial charge in [0.05, 0.1) is 0 Å². The van der Waals surface area contributed by atoms with Crippen molar-refractivity contribution in [3.63, 3.8) is 0 Å². The van der Waals surface area contributed by atoms with Gasteiger partial charge in [0.15, 0.2) is 0 Å². The smallest absolute Gasteiger partial charge is 0.221 e. The Balaban J connectivity index is 1.74. The maximum absolute atomic E-state index is 11.0. The second-order valence-corrected chi connectivity index (χ2v) is 4.24. The highest BCUT2D eigenvalue weighted by molar-refractivity contribution is 5.76. The lowest BCUT2D eigenvalue weighted by Gasteiger charge is -2.29. The topological polar surface area (TPSA) is 41.1 Å². The van der Waals surface area contributed by atoms with Gasteiger partial charge in [0.2, 0.25) is 5.91 Å². The van der Waals surface area contributed by atoms with Crippen molar-refractivity contribution in [3.05, 3.63) is 0 Å². The Hall–Kier alpha value is -0.570. The predicted molar refractivity (Wildman–Crippen MR) is 51.4 cm³/mol. The lowest BCUT2D eigenvalue weighted by Crippen LogP contribution is -2.38. The monoisotopic (exact) mass is 182 g/mol. The molecule has 2 N–H and O–H groups in total. The average molecular weight is 182 g/mol. The minimum Gasteiger partial charge on any atom is -0.354 e. The summed E-state index contributed by atoms with van der Waals surface area (Å²) in [6, 6.07) is 0.525. The Morgan fingerprint density at radius 3 is 2.92 bits per heavy atom. The molecule has 0 spiro atoms. The van der Waals surface area contributed by atoms with Gasteiger partial charge in [0.25, 0.3) is 0 Å². The summed E-state index contributed by atoms with van der Waals surface area (Å²) >= 11 is 0. The number of carbonyl (C=O) groups is 1. The van der Waals surface area contributed by atoms with E-state index in [0.29, 0.717) is 12.5 Å². The van der Waals surface area contributed by atoms with Crippen molar-refractivity contribution in [1.82, 2.24) is 10.6 Å². The number of amides is 1. The summed E-state index contributed by atoms with van der Waals surface area (Å²) in [7, 11) is 0. The molecular formula is C10H18N2O. The summed E-state index contributed by atoms with van der Waals surface area (Å²) in [6.45, 7) is 1.68. The molecule has 74 valence electrons. The number of carbonyl (C=O) groups excluding carboxylic acids is 1. The number of hydrogen-bond acceptors (Lipinski definition) is 2. The highest BCUT2D eigenvalue weighted by Gasteiger charge is 2.23. The molecule has 2 fully saturated rings. The van der Waals surface area contributed by atoms with Crippen LogP contribution in [0.2, 0.25) is 0 Å². The maximum atomic E-state index is 11.0. The summed E-state index contributed by atoms with van der Waals surface area (Å²) in [4.78, 5) is 11.0. The van der Waals surface area contributed by atoms with Crippen LogP contribution in [0.3, 0.4) is 0 Å². The Kier molecular flexibility index (Phi) is 2.83. The van der Waals surface area contributed by atoms with E-state index >= 15 is 0 Å². The molecule has 2 rings (SSSR count). The fourth-order valence-corrected chi connectivity index (χ4v) is 2.08. The molecule has 0 aromatic heterocycles. The summed E-state index contributed by atoms with van der Waals surface area (Å²) in [6.07, 6.45) is 6.09. The minimum absolute atomic E-state index is 0.198. The SMILES string of the molecule is O=C1CCNC(CC2CCC2)CN1. The first-order valence-electron chi connectivity index (χ1n) is 5.34. The number of nitrogens with one attached hydrogen (secondary N) is 2. The average Bonchev–Trinajstić information content (AvgIpc) is 2.23. The lowest BCUT2D eigenvalue weighted by molar-refractivity contribution is -0.120. The largest absolute Gasteiger partial charge is 0.354 e. The van der Waals surface area contributed by atoms with E-state index in [2.05, 4.69) is 10.6 Å². The van der Waals surface area contributed by atoms with E-state index in [-0.39, 0.29) is 5.91 Å². The van der Waals surface area contributed by atoms with Crippen LogP contribution >= 0.6 is 0 Å². The molecule has 1 saturated heterocycles. The van der Waals surface area contributed by atoms with Gasteiger partial charge in [-0.05, 0) is 12.3 Å². The third-order valence-electron chi connectivity index (χ3n) is 3.17. The van der Waals surface area contributed by atoms with Crippen LogP contribution in [0, 0.1) is 5.92 Å². The van der Waals surface area contributed by atoms with Crippen molar-refractivity contribution in [2.24, 2.45) is 5.92 Å². The van der Waals surface area contributed by atoms with Crippen LogP contribution < -0.4 is 10.6 Å². The number of hydrogen-bond donors (Lipinski definition) is 2. The van der Waals surface area contributed by atoms with Gasteiger partial charge in [0, 0.05) is 25.6 Å². The van der Waals surface area contributed by atoms with Crippen LogP contribution in [0.25, 0.3) is 0 Å². The summed E-state index contributed by atoms with van der Waals surface area (Å²) in [5, 5.41) is 6.37. The van der Waals surface area contributed by atoms with E-state index in [0.717, 1.165) is 19.0 Å². The van der Waals surface area contributed by atoms with Gasteiger partial charge in [-0.3, -0.25) is 4.79 Å². The molecule has 1 amide bonds. The highest BCUT2D eigenvalue weighted by atomic mass is 16.1. The van der Waals surface area contributed by atoms with E-state index in [1.165, 1.54) is 25.7 Å². The lowest BCUT2D eigenvalue weighted by atomic mass is 9.81. The van der Waals surface area contributed by atoms with Gasteiger partial charge >= 0.3 is 0 Å². The van der Waals surface area contributed by atoms with Crippen molar-refractivity contribution < 1.29 is 4.79 Å². The van der Waals surface area contributed by atoms with Gasteiger partial charge in [-0.15, -0.1) is 0 Å². The maximum Gasteiger partial charge on any atom is 0.221 e.